The molecule has 36 heavy (non-hydrogen) atoms. The topological polar surface area (TPSA) is 40.8 Å². The second-order valence-corrected chi connectivity index (χ2v) is 9.36. The Labute approximate surface area is 210 Å². The third-order valence-electron chi connectivity index (χ3n) is 6.97. The molecule has 0 saturated heterocycles. The van der Waals surface area contributed by atoms with Crippen molar-refractivity contribution in [1.29, 1.82) is 5.26 Å². The van der Waals surface area contributed by atoms with Gasteiger partial charge in [-0.05, 0) is 48.2 Å². The van der Waals surface area contributed by atoms with Crippen molar-refractivity contribution in [3.63, 3.8) is 0 Å². The number of fused-ring (bicyclic) bond motifs is 3. The quantitative estimate of drug-likeness (QED) is 0.249. The molecule has 0 N–H and O–H groups in total. The van der Waals surface area contributed by atoms with E-state index in [1.807, 2.05) is 24.3 Å². The average Bonchev–Trinajstić information content (AvgIpc) is 3.28. The van der Waals surface area contributed by atoms with Gasteiger partial charge in [0.2, 0.25) is 5.69 Å². The average molecular weight is 466 g/mol. The van der Waals surface area contributed by atoms with Crippen LogP contribution in [0.2, 0.25) is 0 Å². The smallest absolute Gasteiger partial charge is 0.216 e. The fourth-order valence-corrected chi connectivity index (χ4v) is 5.15. The summed E-state index contributed by atoms with van der Waals surface area (Å²) in [6.07, 6.45) is 2.12. The van der Waals surface area contributed by atoms with Crippen LogP contribution in [-0.2, 0) is 7.05 Å². The van der Waals surface area contributed by atoms with Gasteiger partial charge in [-0.3, -0.25) is 0 Å². The van der Waals surface area contributed by atoms with Gasteiger partial charge in [0.25, 0.3) is 0 Å². The zero-order valence-corrected chi connectivity index (χ0v) is 20.5. The molecule has 0 aliphatic heterocycles. The summed E-state index contributed by atoms with van der Waals surface area (Å²) in [4.78, 5) is 0. The van der Waals surface area contributed by atoms with E-state index in [2.05, 4.69) is 104 Å². The minimum atomic E-state index is 0.563. The van der Waals surface area contributed by atoms with Gasteiger partial charge < -0.3 is 4.42 Å². The van der Waals surface area contributed by atoms with E-state index in [-0.39, 0.29) is 0 Å². The van der Waals surface area contributed by atoms with E-state index in [0.717, 1.165) is 49.9 Å². The number of hydrogen-bond donors (Lipinski definition) is 0. The monoisotopic (exact) mass is 465 g/mol. The van der Waals surface area contributed by atoms with Gasteiger partial charge in [0.1, 0.15) is 24.3 Å². The Hall–Kier alpha value is -4.68. The van der Waals surface area contributed by atoms with Gasteiger partial charge in [-0.25, -0.2) is 4.57 Å². The first-order valence-electron chi connectivity index (χ1n) is 12.1. The number of aromatic nitrogens is 1. The van der Waals surface area contributed by atoms with Gasteiger partial charge in [0.05, 0.1) is 5.56 Å². The van der Waals surface area contributed by atoms with Crippen LogP contribution >= 0.6 is 0 Å². The van der Waals surface area contributed by atoms with Crippen LogP contribution in [-0.4, -0.2) is 0 Å². The van der Waals surface area contributed by atoms with Crippen molar-refractivity contribution in [2.75, 3.05) is 0 Å². The van der Waals surface area contributed by atoms with Crippen LogP contribution in [0.1, 0.15) is 16.7 Å². The molecule has 0 aliphatic carbocycles. The Morgan fingerprint density at radius 1 is 0.694 bits per heavy atom. The number of nitriles is 1. The summed E-state index contributed by atoms with van der Waals surface area (Å²) < 4.78 is 8.68. The molecule has 2 aromatic heterocycles. The van der Waals surface area contributed by atoms with Crippen molar-refractivity contribution in [3.8, 4) is 39.6 Å². The molecule has 3 nitrogen and oxygen atoms in total. The third kappa shape index (κ3) is 3.47. The van der Waals surface area contributed by atoms with Gasteiger partial charge in [-0.15, -0.1) is 0 Å². The molecule has 0 radical (unpaired) electrons. The summed E-state index contributed by atoms with van der Waals surface area (Å²) in [7, 11) is 2.06. The van der Waals surface area contributed by atoms with Gasteiger partial charge in [0.15, 0.2) is 11.8 Å². The molecule has 0 atom stereocenters. The molecule has 0 spiro atoms. The fraction of sp³-hybridized carbons (Fsp3) is 0.0909. The van der Waals surface area contributed by atoms with E-state index in [1.165, 1.54) is 11.1 Å². The standard InChI is InChI=1S/C33H25N2O/c1-21-9-18-30(35(3)20-21)31-22(2)10-15-28-27-17-16-26(29(19-34)32(27)36-33(28)31)25-13-11-24(12-14-25)23-7-5-4-6-8-23/h4-18,20H,1-3H3/q+1. The number of furan rings is 1. The number of rotatable bonds is 3. The van der Waals surface area contributed by atoms with Crippen molar-refractivity contribution in [1.82, 2.24) is 0 Å². The summed E-state index contributed by atoms with van der Waals surface area (Å²) in [5.74, 6) is 0. The predicted octanol–water partition coefficient (Wildman–Crippen LogP) is 7.90. The lowest BCUT2D eigenvalue weighted by atomic mass is 9.95. The zero-order valence-electron chi connectivity index (χ0n) is 20.5. The minimum Gasteiger partial charge on any atom is -0.454 e. The van der Waals surface area contributed by atoms with E-state index in [9.17, 15) is 5.26 Å². The van der Waals surface area contributed by atoms with Crippen molar-refractivity contribution in [3.05, 3.63) is 114 Å². The number of hydrogen-bond acceptors (Lipinski definition) is 2. The number of benzene rings is 4. The van der Waals surface area contributed by atoms with Gasteiger partial charge in [-0.2, -0.15) is 5.26 Å². The van der Waals surface area contributed by atoms with E-state index < -0.39 is 0 Å². The molecule has 0 bridgehead atoms. The number of pyridine rings is 1. The van der Waals surface area contributed by atoms with Crippen LogP contribution in [0.4, 0.5) is 0 Å². The van der Waals surface area contributed by atoms with E-state index in [0.29, 0.717) is 11.1 Å². The number of nitrogens with zero attached hydrogens (tertiary/aromatic N) is 2. The van der Waals surface area contributed by atoms with E-state index in [1.54, 1.807) is 0 Å². The Bertz CT molecular complexity index is 1800. The lowest BCUT2D eigenvalue weighted by molar-refractivity contribution is -0.660. The maximum absolute atomic E-state index is 10.2. The zero-order chi connectivity index (χ0) is 24.8. The van der Waals surface area contributed by atoms with Crippen LogP contribution in [0.5, 0.6) is 0 Å². The number of aryl methyl sites for hydroxylation is 3. The van der Waals surface area contributed by atoms with Gasteiger partial charge in [0, 0.05) is 28.0 Å². The SMILES string of the molecule is Cc1ccc(-c2c(C)ccc3c2oc2c(C#N)c(-c4ccc(-c5ccccc5)cc4)ccc23)[n+](C)c1. The van der Waals surface area contributed by atoms with Crippen LogP contribution < -0.4 is 4.57 Å². The molecule has 172 valence electrons. The first-order chi connectivity index (χ1) is 17.5. The van der Waals surface area contributed by atoms with Gasteiger partial charge >= 0.3 is 0 Å². The van der Waals surface area contributed by atoms with Crippen molar-refractivity contribution < 1.29 is 8.98 Å². The second-order valence-electron chi connectivity index (χ2n) is 9.36. The van der Waals surface area contributed by atoms with Crippen LogP contribution in [0.3, 0.4) is 0 Å². The van der Waals surface area contributed by atoms with Crippen molar-refractivity contribution >= 4 is 21.9 Å². The maximum Gasteiger partial charge on any atom is 0.216 e. The van der Waals surface area contributed by atoms with Crippen molar-refractivity contribution in [2.24, 2.45) is 7.05 Å². The molecule has 4 aromatic carbocycles. The summed E-state index contributed by atoms with van der Waals surface area (Å²) in [5.41, 5.74) is 10.7. The van der Waals surface area contributed by atoms with E-state index in [4.69, 9.17) is 4.42 Å². The van der Waals surface area contributed by atoms with Crippen molar-refractivity contribution in [2.45, 2.75) is 13.8 Å². The molecular weight excluding hydrogens is 440 g/mol. The Balaban J connectivity index is 1.55. The maximum atomic E-state index is 10.2. The van der Waals surface area contributed by atoms with E-state index >= 15 is 0 Å². The minimum absolute atomic E-state index is 0.563. The predicted molar refractivity (Wildman–Crippen MR) is 145 cm³/mol. The lowest BCUT2D eigenvalue weighted by Gasteiger charge is -2.07. The lowest BCUT2D eigenvalue weighted by Crippen LogP contribution is -2.31. The fourth-order valence-electron chi connectivity index (χ4n) is 5.15. The second kappa shape index (κ2) is 8.52. The molecule has 0 unspecified atom stereocenters. The van der Waals surface area contributed by atoms with Crippen LogP contribution in [0, 0.1) is 25.2 Å². The molecule has 0 amide bonds. The molecule has 2 heterocycles. The molecule has 0 fully saturated rings. The van der Waals surface area contributed by atoms with Crippen LogP contribution in [0.15, 0.2) is 102 Å². The first kappa shape index (κ1) is 21.8. The highest BCUT2D eigenvalue weighted by Crippen LogP contribution is 2.40. The highest BCUT2D eigenvalue weighted by Gasteiger charge is 2.22. The first-order valence-corrected chi connectivity index (χ1v) is 12.1. The molecular formula is C33H25N2O+. The van der Waals surface area contributed by atoms with Gasteiger partial charge in [-0.1, -0.05) is 72.8 Å². The highest BCUT2D eigenvalue weighted by molar-refractivity contribution is 6.12. The molecule has 6 aromatic rings. The Morgan fingerprint density at radius 2 is 1.36 bits per heavy atom. The third-order valence-corrected chi connectivity index (χ3v) is 6.97. The summed E-state index contributed by atoms with van der Waals surface area (Å²) >= 11 is 0. The summed E-state index contributed by atoms with van der Waals surface area (Å²) in [5, 5.41) is 12.2. The molecule has 0 aliphatic rings. The Kier molecular flexibility index (Phi) is 5.16. The largest absolute Gasteiger partial charge is 0.454 e. The molecule has 6 rings (SSSR count). The summed E-state index contributed by atoms with van der Waals surface area (Å²) in [6.45, 7) is 4.19. The summed E-state index contributed by atoms with van der Waals surface area (Å²) in [6, 6.07) is 33.7. The Morgan fingerprint density at radius 3 is 2.08 bits per heavy atom. The molecule has 0 saturated carbocycles. The van der Waals surface area contributed by atoms with Crippen LogP contribution in [0.25, 0.3) is 55.4 Å². The molecule has 3 heteroatoms. The normalized spacial score (nSPS) is 11.2. The highest BCUT2D eigenvalue weighted by atomic mass is 16.3.